The summed E-state index contributed by atoms with van der Waals surface area (Å²) in [5.74, 6) is 0. The zero-order valence-electron chi connectivity index (χ0n) is 18.4. The zero-order chi connectivity index (χ0) is 22.3. The molecule has 1 saturated heterocycles. The van der Waals surface area contributed by atoms with Gasteiger partial charge < -0.3 is 15.2 Å². The number of hydrogen-bond acceptors (Lipinski definition) is 4. The van der Waals surface area contributed by atoms with Crippen molar-refractivity contribution in [3.63, 3.8) is 0 Å². The molecular formula is C25H29N4OPS. The van der Waals surface area contributed by atoms with Crippen molar-refractivity contribution < 1.29 is 4.52 Å². The van der Waals surface area contributed by atoms with Crippen molar-refractivity contribution >= 4 is 31.5 Å². The van der Waals surface area contributed by atoms with Crippen molar-refractivity contribution in [2.75, 3.05) is 32.6 Å². The van der Waals surface area contributed by atoms with Gasteiger partial charge in [-0.05, 0) is 49.6 Å². The summed E-state index contributed by atoms with van der Waals surface area (Å²) < 4.78 is 11.2. The number of rotatable bonds is 7. The van der Waals surface area contributed by atoms with Crippen LogP contribution in [0.1, 0.15) is 23.2 Å². The average molecular weight is 465 g/mol. The summed E-state index contributed by atoms with van der Waals surface area (Å²) >= 11 is 5.40. The second-order valence-electron chi connectivity index (χ2n) is 7.69. The van der Waals surface area contributed by atoms with Gasteiger partial charge in [-0.3, -0.25) is 0 Å². The van der Waals surface area contributed by atoms with Crippen molar-refractivity contribution in [1.82, 2.24) is 14.7 Å². The van der Waals surface area contributed by atoms with Gasteiger partial charge in [-0.25, -0.2) is 9.34 Å². The lowest BCUT2D eigenvalue weighted by molar-refractivity contribution is 0.310. The van der Waals surface area contributed by atoms with Gasteiger partial charge in [-0.2, -0.15) is 0 Å². The number of likely N-dealkylation sites (N-methyl/N-ethyl adjacent to an activating group) is 2. The van der Waals surface area contributed by atoms with Crippen molar-refractivity contribution in [2.45, 2.75) is 12.1 Å². The van der Waals surface area contributed by atoms with E-state index in [1.54, 1.807) is 0 Å². The summed E-state index contributed by atoms with van der Waals surface area (Å²) in [4.78, 5) is 0. The normalized spacial score (nSPS) is 21.4. The van der Waals surface area contributed by atoms with Crippen LogP contribution in [0.25, 0.3) is 0 Å². The minimum atomic E-state index is -0.909. The summed E-state index contributed by atoms with van der Waals surface area (Å²) in [5, 5.41) is 7.04. The third-order valence-corrected chi connectivity index (χ3v) is 7.79. The van der Waals surface area contributed by atoms with Gasteiger partial charge in [-0.1, -0.05) is 78.9 Å². The minimum Gasteiger partial charge on any atom is -0.360 e. The average Bonchev–Trinajstić information content (AvgIpc) is 3.08. The Kier molecular flexibility index (Phi) is 7.85. The molecule has 2 N–H and O–H groups in total. The fourth-order valence-corrected chi connectivity index (χ4v) is 6.34. The lowest BCUT2D eigenvalue weighted by Gasteiger charge is -2.25. The molecule has 0 aliphatic carbocycles. The maximum Gasteiger partial charge on any atom is 0.188 e. The van der Waals surface area contributed by atoms with Crippen LogP contribution in [0.15, 0.2) is 91.0 Å². The van der Waals surface area contributed by atoms with E-state index in [9.17, 15) is 0 Å². The number of anilines is 1. The second-order valence-corrected chi connectivity index (χ2v) is 10.1. The van der Waals surface area contributed by atoms with Gasteiger partial charge in [0.15, 0.2) is 13.6 Å². The first kappa shape index (κ1) is 22.8. The molecule has 0 amide bonds. The minimum absolute atomic E-state index is 0.225. The predicted molar refractivity (Wildman–Crippen MR) is 137 cm³/mol. The summed E-state index contributed by atoms with van der Waals surface area (Å²) in [6.45, 7) is 1.21. The first-order chi connectivity index (χ1) is 15.6. The maximum absolute atomic E-state index is 6.40. The lowest BCUT2D eigenvalue weighted by Crippen LogP contribution is -2.31. The Morgan fingerprint density at radius 2 is 1.28 bits per heavy atom. The largest absolute Gasteiger partial charge is 0.360 e. The third kappa shape index (κ3) is 5.34. The van der Waals surface area contributed by atoms with Crippen molar-refractivity contribution in [3.05, 3.63) is 102 Å². The molecule has 1 heterocycles. The molecule has 3 aromatic carbocycles. The summed E-state index contributed by atoms with van der Waals surface area (Å²) in [5.41, 5.74) is 3.58. The zero-order valence-corrected chi connectivity index (χ0v) is 20.1. The summed E-state index contributed by atoms with van der Waals surface area (Å²) in [7, 11) is 3.42. The van der Waals surface area contributed by atoms with Crippen LogP contribution in [-0.4, -0.2) is 41.7 Å². The van der Waals surface area contributed by atoms with Crippen molar-refractivity contribution in [2.24, 2.45) is 0 Å². The molecule has 4 rings (SSSR count). The van der Waals surface area contributed by atoms with Crippen LogP contribution < -0.4 is 10.6 Å². The molecule has 166 valence electrons. The quantitative estimate of drug-likeness (QED) is 0.270. The molecule has 0 spiro atoms. The van der Waals surface area contributed by atoms with E-state index in [-0.39, 0.29) is 12.1 Å². The molecule has 0 aromatic heterocycles. The van der Waals surface area contributed by atoms with Crippen molar-refractivity contribution in [1.29, 1.82) is 0 Å². The Hall–Kier alpha value is -2.34. The van der Waals surface area contributed by atoms with Crippen LogP contribution in [0, 0.1) is 0 Å². The van der Waals surface area contributed by atoms with Crippen LogP contribution in [0.5, 0.6) is 0 Å². The topological polar surface area (TPSA) is 39.8 Å². The highest BCUT2D eigenvalue weighted by Crippen LogP contribution is 2.62. The highest BCUT2D eigenvalue weighted by molar-refractivity contribution is 7.80. The van der Waals surface area contributed by atoms with E-state index in [0.29, 0.717) is 18.3 Å². The third-order valence-electron chi connectivity index (χ3n) is 5.55. The van der Waals surface area contributed by atoms with E-state index < -0.39 is 8.45 Å². The Morgan fingerprint density at radius 3 is 1.78 bits per heavy atom. The van der Waals surface area contributed by atoms with E-state index in [4.69, 9.17) is 16.7 Å². The molecule has 1 aliphatic heterocycles. The highest BCUT2D eigenvalue weighted by atomic mass is 32.1. The van der Waals surface area contributed by atoms with Crippen LogP contribution >= 0.6 is 20.7 Å². The molecule has 1 aliphatic rings. The fraction of sp³-hybridized carbons (Fsp3) is 0.240. The number of nitrogens with zero attached hydrogens (tertiary/aromatic N) is 2. The van der Waals surface area contributed by atoms with E-state index in [1.165, 1.54) is 11.1 Å². The predicted octanol–water partition coefficient (Wildman–Crippen LogP) is 5.58. The number of thiocarbonyl (C=S) groups is 1. The van der Waals surface area contributed by atoms with E-state index >= 15 is 0 Å². The first-order valence-electron chi connectivity index (χ1n) is 10.7. The smallest absolute Gasteiger partial charge is 0.188 e. The van der Waals surface area contributed by atoms with Gasteiger partial charge in [0.1, 0.15) is 0 Å². The molecule has 7 heteroatoms. The van der Waals surface area contributed by atoms with Crippen LogP contribution in [-0.2, 0) is 4.52 Å². The molecule has 5 nitrogen and oxygen atoms in total. The highest BCUT2D eigenvalue weighted by Gasteiger charge is 2.46. The van der Waals surface area contributed by atoms with Crippen LogP contribution in [0.3, 0.4) is 0 Å². The molecule has 2 atom stereocenters. The molecule has 0 bridgehead atoms. The Bertz CT molecular complexity index is 941. The second kappa shape index (κ2) is 11.0. The van der Waals surface area contributed by atoms with Gasteiger partial charge in [0.25, 0.3) is 0 Å². The summed E-state index contributed by atoms with van der Waals surface area (Å²) in [6.07, 6.45) is 0. The Labute approximate surface area is 197 Å². The molecule has 0 saturated carbocycles. The van der Waals surface area contributed by atoms with Crippen molar-refractivity contribution in [3.8, 4) is 0 Å². The van der Waals surface area contributed by atoms with Gasteiger partial charge in [0.05, 0.1) is 18.7 Å². The SMILES string of the molecule is CN1C(c2ccccc2)C(c2ccccc2)N(C)P1OCCNC(=S)Nc1ccccc1. The van der Waals surface area contributed by atoms with Gasteiger partial charge in [0, 0.05) is 12.2 Å². The molecule has 0 radical (unpaired) electrons. The maximum atomic E-state index is 6.40. The number of hydrogen-bond donors (Lipinski definition) is 2. The first-order valence-corrected chi connectivity index (χ1v) is 12.3. The molecular weight excluding hydrogens is 435 g/mol. The molecule has 32 heavy (non-hydrogen) atoms. The van der Waals surface area contributed by atoms with Crippen LogP contribution in [0.4, 0.5) is 5.69 Å². The molecule has 2 unspecified atom stereocenters. The van der Waals surface area contributed by atoms with Gasteiger partial charge in [0.2, 0.25) is 0 Å². The molecule has 1 fully saturated rings. The fourth-order valence-electron chi connectivity index (χ4n) is 4.11. The van der Waals surface area contributed by atoms with E-state index in [1.807, 2.05) is 30.3 Å². The number of para-hydroxylation sites is 1. The molecule has 3 aromatic rings. The van der Waals surface area contributed by atoms with Gasteiger partial charge >= 0.3 is 0 Å². The standard InChI is InChI=1S/C25H29N4OPS/c1-28-23(20-12-6-3-7-13-20)24(21-14-8-4-9-15-21)29(2)31(28)30-19-18-26-25(32)27-22-16-10-5-11-17-22/h3-17,23-24H,18-19H2,1-2H3,(H2,26,27,32). The van der Waals surface area contributed by atoms with Gasteiger partial charge in [-0.15, -0.1) is 0 Å². The van der Waals surface area contributed by atoms with Crippen LogP contribution in [0.2, 0.25) is 0 Å². The number of benzene rings is 3. The number of nitrogens with one attached hydrogen (secondary N) is 2. The van der Waals surface area contributed by atoms with E-state index in [0.717, 1.165) is 5.69 Å². The summed E-state index contributed by atoms with van der Waals surface area (Å²) in [6, 6.07) is 31.8. The lowest BCUT2D eigenvalue weighted by atomic mass is 9.93. The monoisotopic (exact) mass is 464 g/mol. The Morgan fingerprint density at radius 1 is 0.812 bits per heavy atom. The Balaban J connectivity index is 1.39. The van der Waals surface area contributed by atoms with E-state index in [2.05, 4.69) is 94.7 Å².